The van der Waals surface area contributed by atoms with Crippen molar-refractivity contribution < 1.29 is 5.11 Å². The van der Waals surface area contributed by atoms with E-state index in [4.69, 9.17) is 16.6 Å². The van der Waals surface area contributed by atoms with Crippen molar-refractivity contribution in [1.82, 2.24) is 15.3 Å². The number of hydrogen-bond donors (Lipinski definition) is 3. The molecule has 1 atom stereocenters. The molecule has 134 valence electrons. The van der Waals surface area contributed by atoms with E-state index in [1.807, 2.05) is 24.3 Å². The molecular formula is C20H21ClN4O. The standard InChI is InChI=1S/C20H21ClN4O/c21-13-7-8-18(26)16(12-13)20-24-17-6-2-1-5-15(17)19(25-20)23-14-4-3-10-22-11-9-14/h1-2,5-8,12,14,22,26H,3-4,9-11H2,(H,23,24,25). The summed E-state index contributed by atoms with van der Waals surface area (Å²) in [6.45, 7) is 2.06. The average Bonchev–Trinajstić information content (AvgIpc) is 2.92. The normalized spacial score (nSPS) is 17.8. The van der Waals surface area contributed by atoms with Crippen molar-refractivity contribution in [2.24, 2.45) is 0 Å². The topological polar surface area (TPSA) is 70.1 Å². The van der Waals surface area contributed by atoms with Crippen LogP contribution >= 0.6 is 11.6 Å². The van der Waals surface area contributed by atoms with Gasteiger partial charge in [-0.25, -0.2) is 9.97 Å². The zero-order valence-corrected chi connectivity index (χ0v) is 15.1. The van der Waals surface area contributed by atoms with E-state index in [9.17, 15) is 5.11 Å². The Bertz CT molecular complexity index is 923. The van der Waals surface area contributed by atoms with Gasteiger partial charge in [-0.05, 0) is 62.7 Å². The van der Waals surface area contributed by atoms with Crippen LogP contribution in [0.15, 0.2) is 42.5 Å². The summed E-state index contributed by atoms with van der Waals surface area (Å²) in [7, 11) is 0. The Hall–Kier alpha value is -2.37. The van der Waals surface area contributed by atoms with E-state index < -0.39 is 0 Å². The van der Waals surface area contributed by atoms with Gasteiger partial charge < -0.3 is 15.7 Å². The highest BCUT2D eigenvalue weighted by Gasteiger charge is 2.17. The van der Waals surface area contributed by atoms with Crippen LogP contribution in [-0.4, -0.2) is 34.2 Å². The fourth-order valence-electron chi connectivity index (χ4n) is 3.35. The Kier molecular flexibility index (Phi) is 4.91. The first kappa shape index (κ1) is 17.1. The molecule has 0 saturated carbocycles. The Morgan fingerprint density at radius 2 is 1.96 bits per heavy atom. The summed E-state index contributed by atoms with van der Waals surface area (Å²) in [6, 6.07) is 13.2. The summed E-state index contributed by atoms with van der Waals surface area (Å²) in [6.07, 6.45) is 3.29. The first-order valence-electron chi connectivity index (χ1n) is 8.93. The van der Waals surface area contributed by atoms with Gasteiger partial charge in [-0.15, -0.1) is 0 Å². The van der Waals surface area contributed by atoms with Crippen LogP contribution in [0.1, 0.15) is 19.3 Å². The van der Waals surface area contributed by atoms with Crippen LogP contribution in [0.25, 0.3) is 22.3 Å². The van der Waals surface area contributed by atoms with Gasteiger partial charge in [0.1, 0.15) is 11.6 Å². The second-order valence-electron chi connectivity index (χ2n) is 6.60. The number of phenols is 1. The van der Waals surface area contributed by atoms with Crippen molar-refractivity contribution in [3.05, 3.63) is 47.5 Å². The van der Waals surface area contributed by atoms with E-state index in [2.05, 4.69) is 15.6 Å². The molecule has 1 unspecified atom stereocenters. The molecule has 1 aromatic heterocycles. The van der Waals surface area contributed by atoms with Crippen LogP contribution in [0.5, 0.6) is 5.75 Å². The number of rotatable bonds is 3. The number of nitrogens with zero attached hydrogens (tertiary/aromatic N) is 2. The molecule has 1 aliphatic rings. The highest BCUT2D eigenvalue weighted by atomic mass is 35.5. The lowest BCUT2D eigenvalue weighted by molar-refractivity contribution is 0.477. The fraction of sp³-hybridized carbons (Fsp3) is 0.300. The van der Waals surface area contributed by atoms with Gasteiger partial charge >= 0.3 is 0 Å². The van der Waals surface area contributed by atoms with Crippen LogP contribution in [0.4, 0.5) is 5.82 Å². The van der Waals surface area contributed by atoms with E-state index >= 15 is 0 Å². The average molecular weight is 369 g/mol. The number of hydrogen-bond acceptors (Lipinski definition) is 5. The number of benzene rings is 2. The van der Waals surface area contributed by atoms with Crippen molar-refractivity contribution in [1.29, 1.82) is 0 Å². The highest BCUT2D eigenvalue weighted by Crippen LogP contribution is 2.32. The minimum Gasteiger partial charge on any atom is -0.507 e. The van der Waals surface area contributed by atoms with Gasteiger partial charge in [-0.2, -0.15) is 0 Å². The molecule has 0 radical (unpaired) electrons. The summed E-state index contributed by atoms with van der Waals surface area (Å²) in [4.78, 5) is 9.37. The summed E-state index contributed by atoms with van der Waals surface area (Å²) in [5.41, 5.74) is 1.37. The number of phenolic OH excluding ortho intramolecular Hbond substituents is 1. The summed E-state index contributed by atoms with van der Waals surface area (Å²) >= 11 is 6.11. The quantitative estimate of drug-likeness (QED) is 0.646. The smallest absolute Gasteiger partial charge is 0.165 e. The molecule has 1 fully saturated rings. The van der Waals surface area contributed by atoms with Crippen molar-refractivity contribution in [3.63, 3.8) is 0 Å². The van der Waals surface area contributed by atoms with E-state index in [1.54, 1.807) is 18.2 Å². The van der Waals surface area contributed by atoms with Gasteiger partial charge in [-0.3, -0.25) is 0 Å². The molecule has 1 aliphatic heterocycles. The number of para-hydroxylation sites is 1. The van der Waals surface area contributed by atoms with Crippen LogP contribution in [0.2, 0.25) is 5.02 Å². The molecule has 1 saturated heterocycles. The molecule has 26 heavy (non-hydrogen) atoms. The lowest BCUT2D eigenvalue weighted by atomic mass is 10.1. The number of aromatic hydroxyl groups is 1. The molecule has 2 aromatic carbocycles. The van der Waals surface area contributed by atoms with Gasteiger partial charge in [-0.1, -0.05) is 23.7 Å². The van der Waals surface area contributed by atoms with Crippen LogP contribution < -0.4 is 10.6 Å². The molecule has 4 rings (SSSR count). The second-order valence-corrected chi connectivity index (χ2v) is 7.03. The monoisotopic (exact) mass is 368 g/mol. The largest absolute Gasteiger partial charge is 0.507 e. The molecule has 0 aliphatic carbocycles. The molecular weight excluding hydrogens is 348 g/mol. The number of aromatic nitrogens is 2. The number of fused-ring (bicyclic) bond motifs is 1. The summed E-state index contributed by atoms with van der Waals surface area (Å²) in [5.74, 6) is 1.39. The second kappa shape index (κ2) is 7.48. The third-order valence-corrected chi connectivity index (χ3v) is 4.95. The van der Waals surface area contributed by atoms with Gasteiger partial charge in [0.05, 0.1) is 11.1 Å². The SMILES string of the molecule is Oc1ccc(Cl)cc1-c1nc(NC2CCCNCC2)c2ccccc2n1. The first-order valence-corrected chi connectivity index (χ1v) is 9.31. The maximum absolute atomic E-state index is 10.2. The maximum atomic E-state index is 10.2. The molecule has 3 N–H and O–H groups in total. The van der Waals surface area contributed by atoms with Crippen molar-refractivity contribution in [2.45, 2.75) is 25.3 Å². The predicted octanol–water partition coefficient (Wildman–Crippen LogP) is 4.21. The van der Waals surface area contributed by atoms with Crippen LogP contribution in [0, 0.1) is 0 Å². The van der Waals surface area contributed by atoms with Gasteiger partial charge in [0, 0.05) is 16.5 Å². The zero-order chi connectivity index (χ0) is 17.9. The lowest BCUT2D eigenvalue weighted by Gasteiger charge is -2.18. The molecule has 2 heterocycles. The first-order chi connectivity index (χ1) is 12.7. The number of anilines is 1. The molecule has 5 nitrogen and oxygen atoms in total. The van der Waals surface area contributed by atoms with Crippen molar-refractivity contribution >= 4 is 28.3 Å². The van der Waals surface area contributed by atoms with E-state index in [0.717, 1.165) is 49.1 Å². The third kappa shape index (κ3) is 3.59. The fourth-order valence-corrected chi connectivity index (χ4v) is 3.52. The predicted molar refractivity (Wildman–Crippen MR) is 106 cm³/mol. The van der Waals surface area contributed by atoms with Crippen LogP contribution in [0.3, 0.4) is 0 Å². The van der Waals surface area contributed by atoms with Gasteiger partial charge in [0.25, 0.3) is 0 Å². The zero-order valence-electron chi connectivity index (χ0n) is 14.4. The van der Waals surface area contributed by atoms with Crippen molar-refractivity contribution in [2.75, 3.05) is 18.4 Å². The van der Waals surface area contributed by atoms with E-state index in [-0.39, 0.29) is 5.75 Å². The molecule has 0 bridgehead atoms. The minimum absolute atomic E-state index is 0.120. The maximum Gasteiger partial charge on any atom is 0.165 e. The number of nitrogens with one attached hydrogen (secondary N) is 2. The summed E-state index contributed by atoms with van der Waals surface area (Å²) < 4.78 is 0. The van der Waals surface area contributed by atoms with Crippen molar-refractivity contribution in [3.8, 4) is 17.1 Å². The molecule has 0 amide bonds. The molecule has 3 aromatic rings. The highest BCUT2D eigenvalue weighted by molar-refractivity contribution is 6.30. The van der Waals surface area contributed by atoms with Gasteiger partial charge in [0.2, 0.25) is 0 Å². The number of halogens is 1. The Morgan fingerprint density at radius 3 is 2.88 bits per heavy atom. The Morgan fingerprint density at radius 1 is 1.08 bits per heavy atom. The van der Waals surface area contributed by atoms with E-state index in [0.29, 0.717) is 22.5 Å². The van der Waals surface area contributed by atoms with Crippen LogP contribution in [-0.2, 0) is 0 Å². The Balaban J connectivity index is 1.79. The third-order valence-electron chi connectivity index (χ3n) is 4.72. The summed E-state index contributed by atoms with van der Waals surface area (Å²) in [5, 5.41) is 18.8. The molecule has 0 spiro atoms. The van der Waals surface area contributed by atoms with E-state index in [1.165, 1.54) is 0 Å². The molecule has 6 heteroatoms. The van der Waals surface area contributed by atoms with Gasteiger partial charge in [0.15, 0.2) is 5.82 Å². The minimum atomic E-state index is 0.120. The lowest BCUT2D eigenvalue weighted by Crippen LogP contribution is -2.22. The Labute approximate surface area is 157 Å².